The third-order valence-corrected chi connectivity index (χ3v) is 3.32. The molecule has 1 aliphatic heterocycles. The van der Waals surface area contributed by atoms with Crippen LogP contribution in [0.15, 0.2) is 5.16 Å². The predicted molar refractivity (Wildman–Crippen MR) is 60.1 cm³/mol. The van der Waals surface area contributed by atoms with Crippen molar-refractivity contribution < 1.29 is 14.4 Å². The first-order chi connectivity index (χ1) is 7.81. The van der Waals surface area contributed by atoms with Crippen LogP contribution in [0.25, 0.3) is 0 Å². The van der Waals surface area contributed by atoms with Gasteiger partial charge in [-0.15, -0.1) is 0 Å². The molecule has 0 aromatic heterocycles. The Bertz CT molecular complexity index is 282. The van der Waals surface area contributed by atoms with Crippen LogP contribution in [0.4, 0.5) is 0 Å². The summed E-state index contributed by atoms with van der Waals surface area (Å²) < 4.78 is 4.92. The molecule has 90 valence electrons. The van der Waals surface area contributed by atoms with E-state index in [2.05, 4.69) is 5.16 Å². The van der Waals surface area contributed by atoms with Crippen molar-refractivity contribution >= 4 is 11.7 Å². The summed E-state index contributed by atoms with van der Waals surface area (Å²) in [6, 6.07) is 0. The van der Waals surface area contributed by atoms with E-state index in [-0.39, 0.29) is 5.97 Å². The zero-order chi connectivity index (χ0) is 11.4. The van der Waals surface area contributed by atoms with Crippen molar-refractivity contribution in [3.63, 3.8) is 0 Å². The summed E-state index contributed by atoms with van der Waals surface area (Å²) in [5.74, 6) is 0.255. The fourth-order valence-electron chi connectivity index (χ4n) is 2.43. The Hall–Kier alpha value is -1.06. The maximum absolute atomic E-state index is 11.5. The zero-order valence-electron chi connectivity index (χ0n) is 9.78. The van der Waals surface area contributed by atoms with Crippen molar-refractivity contribution in [3.05, 3.63) is 0 Å². The molecule has 0 saturated heterocycles. The van der Waals surface area contributed by atoms with Gasteiger partial charge in [-0.25, -0.2) is 4.79 Å². The standard InChI is InChI=1S/C12H19NO3/c1-2-15-12(14)11-8-10(13-16-11)9-6-4-3-5-7-9/h9,11H,2-8H2,1H3. The molecule has 1 heterocycles. The summed E-state index contributed by atoms with van der Waals surface area (Å²) in [6.45, 7) is 2.20. The molecular weight excluding hydrogens is 206 g/mol. The molecule has 1 atom stereocenters. The van der Waals surface area contributed by atoms with Crippen molar-refractivity contribution in [1.82, 2.24) is 0 Å². The normalized spacial score (nSPS) is 26.1. The summed E-state index contributed by atoms with van der Waals surface area (Å²) in [4.78, 5) is 16.6. The van der Waals surface area contributed by atoms with E-state index in [4.69, 9.17) is 9.57 Å². The van der Waals surface area contributed by atoms with Crippen molar-refractivity contribution in [1.29, 1.82) is 0 Å². The van der Waals surface area contributed by atoms with E-state index in [0.29, 0.717) is 18.9 Å². The molecule has 1 saturated carbocycles. The first-order valence-corrected chi connectivity index (χ1v) is 6.20. The summed E-state index contributed by atoms with van der Waals surface area (Å²) in [7, 11) is 0. The molecule has 1 unspecified atom stereocenters. The third-order valence-electron chi connectivity index (χ3n) is 3.32. The van der Waals surface area contributed by atoms with Crippen molar-refractivity contribution in [2.75, 3.05) is 6.61 Å². The molecule has 16 heavy (non-hydrogen) atoms. The lowest BCUT2D eigenvalue weighted by Gasteiger charge is -2.20. The molecular formula is C12H19NO3. The van der Waals surface area contributed by atoms with Gasteiger partial charge >= 0.3 is 5.97 Å². The summed E-state index contributed by atoms with van der Waals surface area (Å²) in [6.07, 6.45) is 6.39. The maximum atomic E-state index is 11.5. The van der Waals surface area contributed by atoms with Crippen LogP contribution in [-0.2, 0) is 14.4 Å². The quantitative estimate of drug-likeness (QED) is 0.692. The molecule has 4 nitrogen and oxygen atoms in total. The Morgan fingerprint density at radius 3 is 2.88 bits per heavy atom. The minimum absolute atomic E-state index is 0.281. The van der Waals surface area contributed by atoms with Crippen LogP contribution in [0.3, 0.4) is 0 Å². The van der Waals surface area contributed by atoms with E-state index >= 15 is 0 Å². The second-order valence-electron chi connectivity index (χ2n) is 4.47. The fourth-order valence-corrected chi connectivity index (χ4v) is 2.43. The van der Waals surface area contributed by atoms with Crippen molar-refractivity contribution in [2.45, 2.75) is 51.6 Å². The minimum Gasteiger partial charge on any atom is -0.463 e. The molecule has 1 aliphatic carbocycles. The number of esters is 1. The molecule has 0 bridgehead atoms. The minimum atomic E-state index is -0.489. The van der Waals surface area contributed by atoms with E-state index in [9.17, 15) is 4.79 Å². The molecule has 4 heteroatoms. The van der Waals surface area contributed by atoms with E-state index in [1.807, 2.05) is 0 Å². The molecule has 2 aliphatic rings. The Kier molecular flexibility index (Phi) is 3.80. The topological polar surface area (TPSA) is 47.9 Å². The molecule has 0 aromatic rings. The number of hydrogen-bond acceptors (Lipinski definition) is 4. The first-order valence-electron chi connectivity index (χ1n) is 6.20. The van der Waals surface area contributed by atoms with Gasteiger partial charge in [0, 0.05) is 12.3 Å². The van der Waals surface area contributed by atoms with Crippen LogP contribution < -0.4 is 0 Å². The largest absolute Gasteiger partial charge is 0.463 e. The second kappa shape index (κ2) is 5.32. The van der Waals surface area contributed by atoms with Gasteiger partial charge in [-0.3, -0.25) is 0 Å². The molecule has 0 aromatic carbocycles. The van der Waals surface area contributed by atoms with Crippen molar-refractivity contribution in [3.8, 4) is 0 Å². The molecule has 0 N–H and O–H groups in total. The highest BCUT2D eigenvalue weighted by molar-refractivity contribution is 5.92. The average Bonchev–Trinajstić information content (AvgIpc) is 2.80. The van der Waals surface area contributed by atoms with Gasteiger partial charge < -0.3 is 9.57 Å². The Morgan fingerprint density at radius 1 is 1.44 bits per heavy atom. The maximum Gasteiger partial charge on any atom is 0.350 e. The summed E-state index contributed by atoms with van der Waals surface area (Å²) >= 11 is 0. The Balaban J connectivity index is 1.84. The number of carbonyl (C=O) groups is 1. The number of hydrogen-bond donors (Lipinski definition) is 0. The first kappa shape index (κ1) is 11.4. The highest BCUT2D eigenvalue weighted by Crippen LogP contribution is 2.29. The molecule has 2 rings (SSSR count). The highest BCUT2D eigenvalue weighted by Gasteiger charge is 2.33. The van der Waals surface area contributed by atoms with Gasteiger partial charge in [0.05, 0.1) is 12.3 Å². The van der Waals surface area contributed by atoms with Gasteiger partial charge in [0.15, 0.2) is 0 Å². The third kappa shape index (κ3) is 2.54. The predicted octanol–water partition coefficient (Wildman–Crippen LogP) is 2.27. The van der Waals surface area contributed by atoms with Gasteiger partial charge in [0.25, 0.3) is 0 Å². The van der Waals surface area contributed by atoms with E-state index in [0.717, 1.165) is 5.71 Å². The monoisotopic (exact) mass is 225 g/mol. The van der Waals surface area contributed by atoms with Crippen LogP contribution in [0.1, 0.15) is 45.4 Å². The van der Waals surface area contributed by atoms with Crippen LogP contribution in [0, 0.1) is 5.92 Å². The molecule has 0 radical (unpaired) electrons. The SMILES string of the molecule is CCOC(=O)C1CC(C2CCCCC2)=NO1. The molecule has 0 spiro atoms. The number of rotatable bonds is 3. The number of carbonyl (C=O) groups excluding carboxylic acids is 1. The Labute approximate surface area is 96.0 Å². The lowest BCUT2D eigenvalue weighted by atomic mass is 9.84. The number of nitrogens with zero attached hydrogens (tertiary/aromatic N) is 1. The van der Waals surface area contributed by atoms with Gasteiger partial charge in [0.1, 0.15) is 0 Å². The van der Waals surface area contributed by atoms with Crippen LogP contribution in [0.2, 0.25) is 0 Å². The zero-order valence-corrected chi connectivity index (χ0v) is 9.78. The molecule has 1 fully saturated rings. The van der Waals surface area contributed by atoms with Crippen molar-refractivity contribution in [2.24, 2.45) is 11.1 Å². The molecule has 0 amide bonds. The van der Waals surface area contributed by atoms with E-state index in [1.165, 1.54) is 32.1 Å². The van der Waals surface area contributed by atoms with Crippen LogP contribution >= 0.6 is 0 Å². The Morgan fingerprint density at radius 2 is 2.19 bits per heavy atom. The average molecular weight is 225 g/mol. The van der Waals surface area contributed by atoms with Gasteiger partial charge in [-0.2, -0.15) is 0 Å². The lowest BCUT2D eigenvalue weighted by molar-refractivity contribution is -0.154. The van der Waals surface area contributed by atoms with Gasteiger partial charge in [-0.1, -0.05) is 24.4 Å². The van der Waals surface area contributed by atoms with Crippen LogP contribution in [-0.4, -0.2) is 24.4 Å². The van der Waals surface area contributed by atoms with Crippen LogP contribution in [0.5, 0.6) is 0 Å². The summed E-state index contributed by atoms with van der Waals surface area (Å²) in [5.41, 5.74) is 1.07. The van der Waals surface area contributed by atoms with Gasteiger partial charge in [-0.05, 0) is 19.8 Å². The second-order valence-corrected chi connectivity index (χ2v) is 4.47. The highest BCUT2D eigenvalue weighted by atomic mass is 16.7. The fraction of sp³-hybridized carbons (Fsp3) is 0.833. The number of oxime groups is 1. The lowest BCUT2D eigenvalue weighted by Crippen LogP contribution is -2.25. The smallest absolute Gasteiger partial charge is 0.350 e. The summed E-state index contributed by atoms with van der Waals surface area (Å²) in [5, 5.41) is 4.06. The van der Waals surface area contributed by atoms with E-state index < -0.39 is 6.10 Å². The van der Waals surface area contributed by atoms with E-state index in [1.54, 1.807) is 6.92 Å². The number of ether oxygens (including phenoxy) is 1. The van der Waals surface area contributed by atoms with Gasteiger partial charge in [0.2, 0.25) is 6.10 Å².